The van der Waals surface area contributed by atoms with Gasteiger partial charge in [0.15, 0.2) is 0 Å². The third-order valence-corrected chi connectivity index (χ3v) is 18.6. The molecule has 2 aromatic rings. The Balaban J connectivity index is 0.977. The highest BCUT2D eigenvalue weighted by Crippen LogP contribution is 2.77. The van der Waals surface area contributed by atoms with E-state index in [1.165, 1.54) is 5.57 Å². The van der Waals surface area contributed by atoms with Crippen molar-refractivity contribution in [2.75, 3.05) is 26.2 Å². The molecule has 1 saturated heterocycles. The molecule has 1 aromatic carbocycles. The van der Waals surface area contributed by atoms with Gasteiger partial charge in [-0.25, -0.2) is 0 Å². The molecule has 0 radical (unpaired) electrons. The summed E-state index contributed by atoms with van der Waals surface area (Å²) >= 11 is 0. The summed E-state index contributed by atoms with van der Waals surface area (Å²) in [5, 5.41) is 10.7. The highest BCUT2D eigenvalue weighted by Gasteiger charge is 2.72. The minimum atomic E-state index is -1.17. The van der Waals surface area contributed by atoms with Gasteiger partial charge in [-0.15, -0.1) is 0 Å². The van der Waals surface area contributed by atoms with Gasteiger partial charge in [-0.2, -0.15) is 0 Å². The van der Waals surface area contributed by atoms with Crippen molar-refractivity contribution in [1.29, 1.82) is 0 Å². The van der Waals surface area contributed by atoms with Crippen molar-refractivity contribution >= 4 is 40.8 Å². The van der Waals surface area contributed by atoms with Gasteiger partial charge in [0.1, 0.15) is 11.7 Å². The van der Waals surface area contributed by atoms with Gasteiger partial charge in [-0.3, -0.25) is 19.2 Å². The molecule has 1 N–H and O–H groups in total. The van der Waals surface area contributed by atoms with E-state index in [4.69, 9.17) is 9.15 Å². The molecule has 9 nitrogen and oxygen atoms in total. The zero-order valence-corrected chi connectivity index (χ0v) is 37.6. The molecule has 326 valence electrons. The molecular weight excluding hydrogens is 753 g/mol. The Morgan fingerprint density at radius 3 is 2.28 bits per heavy atom. The second-order valence-electron chi connectivity index (χ2n) is 22.2. The zero-order chi connectivity index (χ0) is 43.2. The molecule has 9 heteroatoms. The predicted molar refractivity (Wildman–Crippen MR) is 233 cm³/mol. The second-order valence-corrected chi connectivity index (χ2v) is 22.2. The van der Waals surface area contributed by atoms with E-state index in [2.05, 4.69) is 53.0 Å². The van der Waals surface area contributed by atoms with Crippen molar-refractivity contribution in [3.05, 3.63) is 54.3 Å². The van der Waals surface area contributed by atoms with Gasteiger partial charge in [0, 0.05) is 43.1 Å². The fraction of sp³-hybridized carbons (Fsp3) is 0.686. The summed E-state index contributed by atoms with van der Waals surface area (Å²) in [5.41, 5.74) is 1.47. The number of carbonyl (C=O) groups excluding carboxylic acids is 3. The topological polar surface area (TPSA) is 117 Å². The third-order valence-electron chi connectivity index (χ3n) is 18.6. The Labute approximate surface area is 357 Å². The molecule has 10 atom stereocenters. The van der Waals surface area contributed by atoms with Crippen molar-refractivity contribution in [3.8, 4) is 0 Å². The lowest BCUT2D eigenvalue weighted by Crippen LogP contribution is -2.68. The first kappa shape index (κ1) is 42.8. The fourth-order valence-corrected chi connectivity index (χ4v) is 15.1. The minimum Gasteiger partial charge on any atom is -0.481 e. The normalized spacial score (nSPS) is 37.5. The molecule has 0 spiro atoms. The average molecular weight is 823 g/mol. The van der Waals surface area contributed by atoms with Crippen LogP contribution in [0, 0.1) is 62.1 Å². The lowest BCUT2D eigenvalue weighted by molar-refractivity contribution is -0.250. The van der Waals surface area contributed by atoms with Crippen molar-refractivity contribution in [3.63, 3.8) is 0 Å². The van der Waals surface area contributed by atoms with Gasteiger partial charge in [0.05, 0.1) is 23.5 Å². The van der Waals surface area contributed by atoms with Gasteiger partial charge in [-0.05, 0) is 161 Å². The molecular formula is C51H70N2O7. The van der Waals surface area contributed by atoms with Crippen LogP contribution in [0.15, 0.2) is 53.2 Å². The standard InChI is InChI=1S/C51H70N2O7/c1-32(2)35-16-22-51(44(56)53-27-25-52(26-28-53)41(54)15-11-33-10-13-37-34(30-33)19-29-59-37)24-23-49(8)36(43(35)51)12-14-39-48(7)20-18-40(60-42(55)31-46(3,4)45(57)58)47(5,6)38(48)17-21-50(39,49)9/h10-11,13,15,19,29-30,35-36,38-40,43H,1,12,14,16-18,20-28,31H2,2-9H3,(H,57,58)/b15-11+/t35-,36+,38-,39+,40-,43+,48-,49+,50+,51-/m0/s1. The summed E-state index contributed by atoms with van der Waals surface area (Å²) in [6.45, 7) is 24.5. The molecule has 6 fully saturated rings. The monoisotopic (exact) mass is 823 g/mol. The van der Waals surface area contributed by atoms with E-state index in [-0.39, 0.29) is 46.0 Å². The number of hydrogen-bond acceptors (Lipinski definition) is 6. The van der Waals surface area contributed by atoms with Crippen LogP contribution in [0.4, 0.5) is 0 Å². The first-order valence-electron chi connectivity index (χ1n) is 23.0. The van der Waals surface area contributed by atoms with Crippen LogP contribution in [0.1, 0.15) is 132 Å². The molecule has 2 heterocycles. The highest BCUT2D eigenvalue weighted by atomic mass is 16.5. The number of carboxylic acid groups (broad SMARTS) is 1. The molecule has 0 unspecified atom stereocenters. The van der Waals surface area contributed by atoms with Crippen LogP contribution in [0.25, 0.3) is 17.0 Å². The quantitative estimate of drug-likeness (QED) is 0.160. The van der Waals surface area contributed by atoms with E-state index in [9.17, 15) is 19.5 Å². The third kappa shape index (κ3) is 6.60. The number of allylic oxidation sites excluding steroid dienone is 1. The maximum atomic E-state index is 15.2. The largest absolute Gasteiger partial charge is 0.481 e. The van der Waals surface area contributed by atoms with Crippen LogP contribution in [0.5, 0.6) is 0 Å². The number of fused-ring (bicyclic) bond motifs is 8. The van der Waals surface area contributed by atoms with Crippen LogP contribution in [-0.2, 0) is 23.9 Å². The molecule has 6 aliphatic rings. The number of aliphatic carboxylic acids is 1. The lowest BCUT2D eigenvalue weighted by Gasteiger charge is -2.73. The van der Waals surface area contributed by atoms with Gasteiger partial charge in [0.25, 0.3) is 0 Å². The van der Waals surface area contributed by atoms with Crippen molar-refractivity contribution in [1.82, 2.24) is 9.80 Å². The minimum absolute atomic E-state index is 0.0202. The maximum absolute atomic E-state index is 15.2. The van der Waals surface area contributed by atoms with E-state index in [0.717, 1.165) is 80.7 Å². The first-order chi connectivity index (χ1) is 28.2. The molecule has 1 aromatic heterocycles. The number of furan rings is 1. The van der Waals surface area contributed by atoms with Crippen molar-refractivity contribution < 1.29 is 33.4 Å². The number of amides is 2. The van der Waals surface area contributed by atoms with Crippen LogP contribution in [-0.4, -0.2) is 70.9 Å². The number of carbonyl (C=O) groups is 4. The van der Waals surface area contributed by atoms with E-state index < -0.39 is 22.8 Å². The van der Waals surface area contributed by atoms with Gasteiger partial charge in [0.2, 0.25) is 11.8 Å². The van der Waals surface area contributed by atoms with Crippen molar-refractivity contribution in [2.45, 2.75) is 132 Å². The highest BCUT2D eigenvalue weighted by molar-refractivity contribution is 5.93. The number of ether oxygens (including phenoxy) is 1. The van der Waals surface area contributed by atoms with Crippen LogP contribution in [0.2, 0.25) is 0 Å². The molecule has 5 aliphatic carbocycles. The van der Waals surface area contributed by atoms with E-state index in [1.807, 2.05) is 35.2 Å². The molecule has 2 amide bonds. The van der Waals surface area contributed by atoms with Crippen molar-refractivity contribution in [2.24, 2.45) is 62.1 Å². The number of piperazine rings is 1. The molecule has 0 bridgehead atoms. The molecule has 60 heavy (non-hydrogen) atoms. The number of rotatable bonds is 8. The summed E-state index contributed by atoms with van der Waals surface area (Å²) in [7, 11) is 0. The molecule has 8 rings (SSSR count). The zero-order valence-electron chi connectivity index (χ0n) is 37.6. The maximum Gasteiger partial charge on any atom is 0.309 e. The number of carboxylic acids is 1. The lowest BCUT2D eigenvalue weighted by atomic mass is 9.32. The summed E-state index contributed by atoms with van der Waals surface area (Å²) in [6, 6.07) is 7.82. The van der Waals surface area contributed by atoms with Crippen LogP contribution >= 0.6 is 0 Å². The number of nitrogens with zero attached hydrogens (tertiary/aromatic N) is 2. The Bertz CT molecular complexity index is 2090. The molecule has 5 saturated carbocycles. The second kappa shape index (κ2) is 14.9. The Kier molecular flexibility index (Phi) is 10.6. The van der Waals surface area contributed by atoms with E-state index in [1.54, 1.807) is 26.2 Å². The van der Waals surface area contributed by atoms with Gasteiger partial charge in [-0.1, -0.05) is 52.8 Å². The number of benzene rings is 1. The summed E-state index contributed by atoms with van der Waals surface area (Å²) in [4.78, 5) is 57.5. The SMILES string of the molecule is C=C(C)[C@@H]1CC[C@]2(C(=O)N3CCN(C(=O)/C=C/c4ccc5occc5c4)CC3)CC[C@]3(C)[C@H](CC[C@@H]4[C@@]5(C)CC[C@H](OC(=O)CC(C)(C)C(=O)O)C(C)(C)[C@@H]5CC[C@]43C)[C@@H]12. The Morgan fingerprint density at radius 2 is 1.58 bits per heavy atom. The Morgan fingerprint density at radius 1 is 0.867 bits per heavy atom. The number of hydrogen-bond donors (Lipinski definition) is 1. The average Bonchev–Trinajstić information content (AvgIpc) is 3.83. The van der Waals surface area contributed by atoms with Crippen LogP contribution < -0.4 is 0 Å². The fourth-order valence-electron chi connectivity index (χ4n) is 15.1. The van der Waals surface area contributed by atoms with Gasteiger partial charge < -0.3 is 24.1 Å². The molecule has 1 aliphatic heterocycles. The smallest absolute Gasteiger partial charge is 0.309 e. The Hall–Kier alpha value is -3.88. The summed E-state index contributed by atoms with van der Waals surface area (Å²) in [5.74, 6) is 0.826. The summed E-state index contributed by atoms with van der Waals surface area (Å²) < 4.78 is 11.7. The number of esters is 1. The summed E-state index contributed by atoms with van der Waals surface area (Å²) in [6.07, 6.45) is 15.0. The first-order valence-corrected chi connectivity index (χ1v) is 23.0. The van der Waals surface area contributed by atoms with Gasteiger partial charge >= 0.3 is 11.9 Å². The van der Waals surface area contributed by atoms with E-state index in [0.29, 0.717) is 55.8 Å². The van der Waals surface area contributed by atoms with E-state index >= 15 is 4.79 Å². The van der Waals surface area contributed by atoms with Crippen LogP contribution in [0.3, 0.4) is 0 Å². The predicted octanol–water partition coefficient (Wildman–Crippen LogP) is 10.2.